The average Bonchev–Trinajstić information content (AvgIpc) is 3.48. The molecule has 1 rings (SSSR count). The van der Waals surface area contributed by atoms with E-state index in [0.29, 0.717) is 0 Å². The van der Waals surface area contributed by atoms with E-state index in [4.69, 9.17) is 5.41 Å². The van der Waals surface area contributed by atoms with Crippen LogP contribution in [-0.4, -0.2) is 16.5 Å². The standard InChI is InChI=1S/C25H51IN/c1-4-6-8-10-12-14-16-18-20-24(3)26(22-23-26)25(27)21-19-17-15-13-11-9-7-5-2/h24,27H,4-23H2,1-3H3/q-1. The molecule has 1 unspecified atom stereocenters. The van der Waals surface area contributed by atoms with E-state index in [1.54, 1.807) is 0 Å². The number of rotatable bonds is 20. The zero-order chi connectivity index (χ0) is 19.8. The molecule has 2 heteroatoms. The topological polar surface area (TPSA) is 23.9 Å². The van der Waals surface area contributed by atoms with Crippen molar-refractivity contribution in [3.05, 3.63) is 0 Å². The van der Waals surface area contributed by atoms with Gasteiger partial charge in [-0.3, -0.25) is 0 Å². The van der Waals surface area contributed by atoms with Crippen molar-refractivity contribution >= 4 is 3.72 Å². The minimum absolute atomic E-state index is 0.929. The van der Waals surface area contributed by atoms with Gasteiger partial charge in [0.15, 0.2) is 0 Å². The van der Waals surface area contributed by atoms with Gasteiger partial charge in [-0.25, -0.2) is 0 Å². The van der Waals surface area contributed by atoms with E-state index in [-0.39, 0.29) is 0 Å². The summed E-state index contributed by atoms with van der Waals surface area (Å²) in [7, 11) is 0. The molecule has 0 bridgehead atoms. The second-order valence-electron chi connectivity index (χ2n) is 8.93. The summed E-state index contributed by atoms with van der Waals surface area (Å²) in [4.78, 5) is 0. The van der Waals surface area contributed by atoms with Crippen LogP contribution in [0.2, 0.25) is 0 Å². The molecule has 1 aliphatic rings. The summed E-state index contributed by atoms with van der Waals surface area (Å²) in [5.74, 6) is 0. The molecule has 0 radical (unpaired) electrons. The summed E-state index contributed by atoms with van der Waals surface area (Å²) in [6, 6.07) is 0. The Hall–Kier alpha value is 0.400. The fourth-order valence-electron chi connectivity index (χ4n) is 4.27. The van der Waals surface area contributed by atoms with Crippen LogP contribution in [0, 0.1) is 5.41 Å². The van der Waals surface area contributed by atoms with Crippen LogP contribution in [-0.2, 0) is 0 Å². The Bertz CT molecular complexity index is 361. The Kier molecular flexibility index (Phi) is 15.3. The van der Waals surface area contributed by atoms with Gasteiger partial charge in [0.25, 0.3) is 0 Å². The maximum atomic E-state index is 8.75. The molecule has 0 aliphatic carbocycles. The zero-order valence-electron chi connectivity index (χ0n) is 19.1. The molecule has 0 aromatic heterocycles. The van der Waals surface area contributed by atoms with Gasteiger partial charge in [0.1, 0.15) is 0 Å². The molecule has 1 aliphatic heterocycles. The Balaban J connectivity index is 2.03. The number of unbranched alkanes of at least 4 members (excludes halogenated alkanes) is 14. The molecule has 0 aromatic rings. The molecule has 0 aromatic carbocycles. The first-order chi connectivity index (χ1) is 13.2. The molecular formula is C25H51IN-. The van der Waals surface area contributed by atoms with Crippen molar-refractivity contribution in [2.24, 2.45) is 0 Å². The molecule has 1 N–H and O–H groups in total. The average molecular weight is 493 g/mol. The number of nitrogens with one attached hydrogen (secondary N) is 1. The van der Waals surface area contributed by atoms with Crippen LogP contribution in [0.25, 0.3) is 0 Å². The number of hydrogen-bond acceptors (Lipinski definition) is 1. The summed E-state index contributed by atoms with van der Waals surface area (Å²) >= 11 is -1.72. The van der Waals surface area contributed by atoms with Gasteiger partial charge in [-0.15, -0.1) is 0 Å². The molecule has 164 valence electrons. The zero-order valence-corrected chi connectivity index (χ0v) is 21.3. The Labute approximate surface area is 176 Å². The molecule has 27 heavy (non-hydrogen) atoms. The van der Waals surface area contributed by atoms with Crippen molar-refractivity contribution in [2.45, 2.75) is 140 Å². The molecule has 1 fully saturated rings. The Morgan fingerprint density at radius 3 is 1.52 bits per heavy atom. The molecule has 0 amide bonds. The van der Waals surface area contributed by atoms with E-state index >= 15 is 0 Å². The second-order valence-corrected chi connectivity index (χ2v) is 19.5. The molecular weight excluding hydrogens is 441 g/mol. The third-order valence-corrected chi connectivity index (χ3v) is 17.7. The third-order valence-electron chi connectivity index (χ3n) is 6.47. The van der Waals surface area contributed by atoms with Gasteiger partial charge < -0.3 is 0 Å². The molecule has 1 nitrogen and oxygen atoms in total. The third kappa shape index (κ3) is 11.2. The van der Waals surface area contributed by atoms with E-state index < -0.39 is 18.4 Å². The van der Waals surface area contributed by atoms with Gasteiger partial charge in [-0.05, 0) is 0 Å². The predicted molar refractivity (Wildman–Crippen MR) is 121 cm³/mol. The molecule has 1 atom stereocenters. The van der Waals surface area contributed by atoms with Crippen LogP contribution in [0.5, 0.6) is 0 Å². The Morgan fingerprint density at radius 2 is 1.07 bits per heavy atom. The van der Waals surface area contributed by atoms with Crippen LogP contribution in [0.15, 0.2) is 0 Å². The van der Waals surface area contributed by atoms with Crippen LogP contribution < -0.4 is 18.4 Å². The first kappa shape index (κ1) is 25.4. The van der Waals surface area contributed by atoms with Gasteiger partial charge >= 0.3 is 177 Å². The number of halogens is 1. The monoisotopic (exact) mass is 492 g/mol. The van der Waals surface area contributed by atoms with Crippen molar-refractivity contribution in [1.82, 2.24) is 0 Å². The summed E-state index contributed by atoms with van der Waals surface area (Å²) in [5, 5.41) is 8.75. The predicted octanol–water partition coefficient (Wildman–Crippen LogP) is 5.59. The van der Waals surface area contributed by atoms with Crippen molar-refractivity contribution < 1.29 is 18.4 Å². The number of hydrogen-bond donors (Lipinski definition) is 1. The molecule has 0 spiro atoms. The SMILES string of the molecule is CCCCCCCCCCC(=N)[I-]1(C(C)CCCCCCCCCC)CC1. The van der Waals surface area contributed by atoms with Crippen LogP contribution in [0.1, 0.15) is 136 Å². The molecule has 1 saturated heterocycles. The number of alkyl halides is 3. The van der Waals surface area contributed by atoms with E-state index in [9.17, 15) is 0 Å². The summed E-state index contributed by atoms with van der Waals surface area (Å²) in [5.41, 5.74) is 0. The van der Waals surface area contributed by atoms with Crippen LogP contribution in [0.4, 0.5) is 0 Å². The van der Waals surface area contributed by atoms with E-state index in [0.717, 1.165) is 10.3 Å². The summed E-state index contributed by atoms with van der Waals surface area (Å²) < 4.78 is 5.19. The minimum atomic E-state index is -1.72. The van der Waals surface area contributed by atoms with Crippen molar-refractivity contribution in [1.29, 1.82) is 5.41 Å². The van der Waals surface area contributed by atoms with Gasteiger partial charge in [0.2, 0.25) is 0 Å². The summed E-state index contributed by atoms with van der Waals surface area (Å²) in [6.07, 6.45) is 25.2. The first-order valence-corrected chi connectivity index (χ1v) is 17.8. The maximum absolute atomic E-state index is 8.75. The van der Waals surface area contributed by atoms with Gasteiger partial charge in [-0.2, -0.15) is 0 Å². The van der Waals surface area contributed by atoms with Crippen molar-refractivity contribution in [2.75, 3.05) is 8.86 Å². The molecule has 0 saturated carbocycles. The fraction of sp³-hybridized carbons (Fsp3) is 0.960. The van der Waals surface area contributed by atoms with E-state index in [2.05, 4.69) is 20.8 Å². The van der Waals surface area contributed by atoms with E-state index in [1.165, 1.54) is 122 Å². The van der Waals surface area contributed by atoms with Gasteiger partial charge in [0, 0.05) is 0 Å². The van der Waals surface area contributed by atoms with Gasteiger partial charge in [-0.1, -0.05) is 0 Å². The van der Waals surface area contributed by atoms with E-state index in [1.807, 2.05) is 0 Å². The normalized spacial score (nSPS) is 17.6. The fourth-order valence-corrected chi connectivity index (χ4v) is 15.5. The Morgan fingerprint density at radius 1 is 0.667 bits per heavy atom. The van der Waals surface area contributed by atoms with Crippen LogP contribution in [0.3, 0.4) is 0 Å². The first-order valence-electron chi connectivity index (χ1n) is 12.4. The van der Waals surface area contributed by atoms with Crippen molar-refractivity contribution in [3.8, 4) is 0 Å². The van der Waals surface area contributed by atoms with Crippen molar-refractivity contribution in [3.63, 3.8) is 0 Å². The summed E-state index contributed by atoms with van der Waals surface area (Å²) in [6.45, 7) is 7.11. The van der Waals surface area contributed by atoms with Gasteiger partial charge in [0.05, 0.1) is 0 Å². The quantitative estimate of drug-likeness (QED) is 0.0992. The molecule has 1 heterocycles. The second kappa shape index (κ2) is 16.2. The van der Waals surface area contributed by atoms with Crippen LogP contribution >= 0.6 is 0 Å².